The van der Waals surface area contributed by atoms with E-state index in [1.165, 1.54) is 0 Å². The first-order valence-electron chi connectivity index (χ1n) is 13.8. The van der Waals surface area contributed by atoms with Gasteiger partial charge in [-0.2, -0.15) is 0 Å². The highest BCUT2D eigenvalue weighted by atomic mass is 16.5. The maximum atomic E-state index is 13.9. The normalized spacial score (nSPS) is 25.4. The van der Waals surface area contributed by atoms with Crippen molar-refractivity contribution in [3.63, 3.8) is 0 Å². The minimum Gasteiger partial charge on any atom is -0.367 e. The lowest BCUT2D eigenvalue weighted by Gasteiger charge is -2.43. The number of nitrogens with two attached hydrogens (primary N) is 1. The number of benzene rings is 1. The highest BCUT2D eigenvalue weighted by Crippen LogP contribution is 2.39. The summed E-state index contributed by atoms with van der Waals surface area (Å²) in [5.74, 6) is -0.419. The second-order valence-corrected chi connectivity index (χ2v) is 11.8. The van der Waals surface area contributed by atoms with E-state index in [1.807, 2.05) is 41.3 Å². The first-order valence-corrected chi connectivity index (χ1v) is 13.8. The SMILES string of the molecule is C[C@@H]1CN(CC(=O)N2CC(C)(C)c3[nH]c(=O)c(Cc4ccccc4)cc32)[C@@H](CN2CCOC(C(N)=O)C2)CN1. The number of morpholine rings is 1. The number of anilines is 1. The van der Waals surface area contributed by atoms with Crippen LogP contribution in [-0.4, -0.2) is 97.2 Å². The lowest BCUT2D eigenvalue weighted by atomic mass is 9.91. The Bertz CT molecular complexity index is 1260. The van der Waals surface area contributed by atoms with E-state index in [0.717, 1.165) is 43.1 Å². The van der Waals surface area contributed by atoms with Gasteiger partial charge in [-0.25, -0.2) is 0 Å². The van der Waals surface area contributed by atoms with E-state index < -0.39 is 12.0 Å². The van der Waals surface area contributed by atoms with Crippen molar-refractivity contribution in [3.8, 4) is 0 Å². The summed E-state index contributed by atoms with van der Waals surface area (Å²) in [6.07, 6.45) is -0.0883. The van der Waals surface area contributed by atoms with Crippen molar-refractivity contribution >= 4 is 17.5 Å². The van der Waals surface area contributed by atoms with Crippen molar-refractivity contribution in [3.05, 3.63) is 63.6 Å². The number of carbonyl (C=O) groups excluding carboxylic acids is 2. The molecule has 10 nitrogen and oxygen atoms in total. The van der Waals surface area contributed by atoms with E-state index in [-0.39, 0.29) is 35.5 Å². The number of ether oxygens (including phenoxy) is 1. The molecule has 10 heteroatoms. The molecule has 39 heavy (non-hydrogen) atoms. The highest BCUT2D eigenvalue weighted by molar-refractivity contribution is 5.97. The third-order valence-corrected chi connectivity index (χ3v) is 8.16. The van der Waals surface area contributed by atoms with Crippen LogP contribution in [0.5, 0.6) is 0 Å². The lowest BCUT2D eigenvalue weighted by molar-refractivity contribution is -0.135. The van der Waals surface area contributed by atoms with Crippen molar-refractivity contribution in [1.82, 2.24) is 20.1 Å². The summed E-state index contributed by atoms with van der Waals surface area (Å²) in [4.78, 5) is 47.9. The fourth-order valence-corrected chi connectivity index (χ4v) is 6.02. The molecule has 2 amide bonds. The molecule has 0 saturated carbocycles. The van der Waals surface area contributed by atoms with Crippen LogP contribution < -0.4 is 21.5 Å². The second-order valence-electron chi connectivity index (χ2n) is 11.8. The Kier molecular flexibility index (Phi) is 7.91. The average molecular weight is 537 g/mol. The van der Waals surface area contributed by atoms with E-state index in [2.05, 4.69) is 40.9 Å². The standard InChI is InChI=1S/C29H40N6O4/c1-19-14-34(22(13-31-19)15-33-9-10-39-24(16-33)27(30)37)17-25(36)35-18-29(2,3)26-23(35)12-21(28(38)32-26)11-20-7-5-4-6-8-20/h4-8,12,19,22,24,31H,9-11,13-18H2,1-3H3,(H2,30,37)(H,32,38)/t19-,22-,24?/m1/s1. The van der Waals surface area contributed by atoms with Crippen LogP contribution in [0.25, 0.3) is 0 Å². The summed E-state index contributed by atoms with van der Waals surface area (Å²) in [6.45, 7) is 10.9. The molecule has 210 valence electrons. The molecule has 0 radical (unpaired) electrons. The van der Waals surface area contributed by atoms with E-state index in [4.69, 9.17) is 10.5 Å². The zero-order valence-corrected chi connectivity index (χ0v) is 23.1. The maximum Gasteiger partial charge on any atom is 0.251 e. The number of nitrogens with zero attached hydrogens (tertiary/aromatic N) is 3. The van der Waals surface area contributed by atoms with Gasteiger partial charge >= 0.3 is 0 Å². The Balaban J connectivity index is 1.34. The van der Waals surface area contributed by atoms with Crippen molar-refractivity contribution in [2.75, 3.05) is 57.3 Å². The highest BCUT2D eigenvalue weighted by Gasteiger charge is 2.41. The summed E-state index contributed by atoms with van der Waals surface area (Å²) >= 11 is 0. The molecule has 4 heterocycles. The zero-order chi connectivity index (χ0) is 27.7. The largest absolute Gasteiger partial charge is 0.367 e. The number of H-pyrrole nitrogens is 1. The summed E-state index contributed by atoms with van der Waals surface area (Å²) in [6, 6.07) is 12.2. The van der Waals surface area contributed by atoms with Crippen LogP contribution in [0.15, 0.2) is 41.2 Å². The number of aromatic amines is 1. The summed E-state index contributed by atoms with van der Waals surface area (Å²) in [5.41, 5.74) is 8.34. The Morgan fingerprint density at radius 1 is 1.18 bits per heavy atom. The lowest BCUT2D eigenvalue weighted by Crippen LogP contribution is -2.62. The van der Waals surface area contributed by atoms with E-state index in [9.17, 15) is 14.4 Å². The van der Waals surface area contributed by atoms with Gasteiger partial charge in [-0.3, -0.25) is 24.2 Å². The predicted molar refractivity (Wildman–Crippen MR) is 150 cm³/mol. The van der Waals surface area contributed by atoms with Crippen LogP contribution in [-0.2, 0) is 26.2 Å². The van der Waals surface area contributed by atoms with Gasteiger partial charge in [-0.1, -0.05) is 44.2 Å². The van der Waals surface area contributed by atoms with Crippen LogP contribution in [0.4, 0.5) is 5.69 Å². The van der Waals surface area contributed by atoms with Crippen molar-refractivity contribution in [2.24, 2.45) is 5.73 Å². The van der Waals surface area contributed by atoms with E-state index >= 15 is 0 Å². The van der Waals surface area contributed by atoms with Crippen LogP contribution in [0, 0.1) is 0 Å². The topological polar surface area (TPSA) is 124 Å². The first-order chi connectivity index (χ1) is 18.6. The van der Waals surface area contributed by atoms with Gasteiger partial charge in [0, 0.05) is 74.4 Å². The van der Waals surface area contributed by atoms with E-state index in [1.54, 1.807) is 0 Å². The van der Waals surface area contributed by atoms with Crippen LogP contribution in [0.1, 0.15) is 37.6 Å². The summed E-state index contributed by atoms with van der Waals surface area (Å²) in [5, 5.41) is 3.54. The van der Waals surface area contributed by atoms with E-state index in [0.29, 0.717) is 31.7 Å². The van der Waals surface area contributed by atoms with Crippen molar-refractivity contribution in [2.45, 2.75) is 50.8 Å². The summed E-state index contributed by atoms with van der Waals surface area (Å²) < 4.78 is 5.51. The van der Waals surface area contributed by atoms with Crippen LogP contribution in [0.3, 0.4) is 0 Å². The number of pyridine rings is 1. The Morgan fingerprint density at radius 3 is 2.69 bits per heavy atom. The van der Waals surface area contributed by atoms with Gasteiger partial charge in [0.25, 0.3) is 5.56 Å². The maximum absolute atomic E-state index is 13.9. The monoisotopic (exact) mass is 536 g/mol. The number of rotatable bonds is 7. The molecule has 4 N–H and O–H groups in total. The number of primary amides is 1. The molecule has 3 aliphatic heterocycles. The number of hydrogen-bond acceptors (Lipinski definition) is 7. The third-order valence-electron chi connectivity index (χ3n) is 8.16. The molecule has 2 aromatic rings. The number of fused-ring (bicyclic) bond motifs is 1. The fraction of sp³-hybridized carbons (Fsp3) is 0.552. The molecular formula is C29H40N6O4. The van der Waals surface area contributed by atoms with Gasteiger partial charge in [0.05, 0.1) is 18.8 Å². The van der Waals surface area contributed by atoms with Crippen molar-refractivity contribution < 1.29 is 14.3 Å². The zero-order valence-electron chi connectivity index (χ0n) is 23.1. The molecule has 5 rings (SSSR count). The number of nitrogens with one attached hydrogen (secondary N) is 2. The quantitative estimate of drug-likeness (QED) is 0.469. The van der Waals surface area contributed by atoms with Gasteiger partial charge in [0.2, 0.25) is 11.8 Å². The summed E-state index contributed by atoms with van der Waals surface area (Å²) in [7, 11) is 0. The molecule has 0 spiro atoms. The van der Waals surface area contributed by atoms with Gasteiger partial charge in [0.15, 0.2) is 0 Å². The molecule has 1 unspecified atom stereocenters. The molecule has 0 bridgehead atoms. The molecule has 3 atom stereocenters. The minimum absolute atomic E-state index is 0.0237. The molecule has 2 saturated heterocycles. The van der Waals surface area contributed by atoms with Crippen molar-refractivity contribution in [1.29, 1.82) is 0 Å². The average Bonchev–Trinajstić information content (AvgIpc) is 3.16. The molecule has 2 fully saturated rings. The first kappa shape index (κ1) is 27.5. The second kappa shape index (κ2) is 11.2. The molecule has 1 aromatic heterocycles. The Labute approximate surface area is 229 Å². The number of piperazine rings is 1. The van der Waals surface area contributed by atoms with Gasteiger partial charge in [-0.15, -0.1) is 0 Å². The predicted octanol–water partition coefficient (Wildman–Crippen LogP) is 0.438. The number of aromatic nitrogens is 1. The molecular weight excluding hydrogens is 496 g/mol. The molecule has 1 aromatic carbocycles. The number of carbonyl (C=O) groups is 2. The number of amides is 2. The van der Waals surface area contributed by atoms with Gasteiger partial charge in [-0.05, 0) is 18.6 Å². The van der Waals surface area contributed by atoms with Gasteiger partial charge in [0.1, 0.15) is 6.10 Å². The molecule has 0 aliphatic carbocycles. The Morgan fingerprint density at radius 2 is 1.95 bits per heavy atom. The smallest absolute Gasteiger partial charge is 0.251 e. The third kappa shape index (κ3) is 6.09. The minimum atomic E-state index is -0.597. The number of hydrogen-bond donors (Lipinski definition) is 3. The molecule has 3 aliphatic rings. The fourth-order valence-electron chi connectivity index (χ4n) is 6.02. The van der Waals surface area contributed by atoms with Crippen LogP contribution in [0.2, 0.25) is 0 Å². The van der Waals surface area contributed by atoms with Crippen LogP contribution >= 0.6 is 0 Å². The Hall–Kier alpha value is -3.05. The van der Waals surface area contributed by atoms with Gasteiger partial charge < -0.3 is 25.7 Å².